The average Bonchev–Trinajstić information content (AvgIpc) is 2.96. The van der Waals surface area contributed by atoms with E-state index in [1.165, 1.54) is 24.5 Å². The highest BCUT2D eigenvalue weighted by molar-refractivity contribution is 7.13. The van der Waals surface area contributed by atoms with Crippen molar-refractivity contribution in [2.75, 3.05) is 19.5 Å². The highest BCUT2D eigenvalue weighted by atomic mass is 35.5. The highest BCUT2D eigenvalue weighted by Gasteiger charge is 2.16. The summed E-state index contributed by atoms with van der Waals surface area (Å²) in [7, 11) is 3.28. The first-order valence-electron chi connectivity index (χ1n) is 6.46. The number of anilines is 2. The molecule has 2 rings (SSSR count). The van der Waals surface area contributed by atoms with Gasteiger partial charge in [0, 0.05) is 17.5 Å². The summed E-state index contributed by atoms with van der Waals surface area (Å²) >= 11 is 7.57. The van der Waals surface area contributed by atoms with Crippen molar-refractivity contribution in [3.63, 3.8) is 0 Å². The van der Waals surface area contributed by atoms with E-state index in [2.05, 4.69) is 15.6 Å². The summed E-state index contributed by atoms with van der Waals surface area (Å²) in [5.41, 5.74) is 1.48. The number of benzene rings is 1. The number of aromatic nitrogens is 1. The monoisotopic (exact) mass is 341 g/mol. The molecule has 0 spiro atoms. The fourth-order valence-electron chi connectivity index (χ4n) is 1.79. The van der Waals surface area contributed by atoms with Crippen LogP contribution in [0.2, 0.25) is 5.02 Å². The predicted molar refractivity (Wildman–Crippen MR) is 87.8 cm³/mol. The fourth-order valence-corrected chi connectivity index (χ4v) is 2.82. The highest BCUT2D eigenvalue weighted by Crippen LogP contribution is 2.34. The molecule has 0 radical (unpaired) electrons. The van der Waals surface area contributed by atoms with Crippen LogP contribution in [-0.4, -0.2) is 30.2 Å². The number of carboxylic acids is 1. The number of carboxylic acid groups (broad SMARTS) is 1. The third-order valence-electron chi connectivity index (χ3n) is 3.16. The van der Waals surface area contributed by atoms with E-state index in [1.54, 1.807) is 6.07 Å². The molecule has 6 nitrogen and oxygen atoms in total. The van der Waals surface area contributed by atoms with Crippen LogP contribution in [0.5, 0.6) is 5.75 Å². The second kappa shape index (κ2) is 6.95. The lowest BCUT2D eigenvalue weighted by molar-refractivity contribution is 0.0693. The first-order valence-corrected chi connectivity index (χ1v) is 7.72. The first-order chi connectivity index (χ1) is 10.5. The minimum absolute atomic E-state index is 0.0154. The number of hydrogen-bond acceptors (Lipinski definition) is 6. The van der Waals surface area contributed by atoms with Crippen LogP contribution in [-0.2, 0) is 0 Å². The van der Waals surface area contributed by atoms with E-state index in [-0.39, 0.29) is 22.4 Å². The Balaban J connectivity index is 2.29. The molecular weight excluding hydrogens is 326 g/mol. The SMILES string of the molecule is CNC(C)c1csc(Nc2cc(OC)c(C(=O)O)cc2Cl)n1. The molecule has 1 atom stereocenters. The van der Waals surface area contributed by atoms with Crippen molar-refractivity contribution in [1.82, 2.24) is 10.3 Å². The van der Waals surface area contributed by atoms with E-state index >= 15 is 0 Å². The molecule has 0 bridgehead atoms. The molecule has 0 aliphatic carbocycles. The van der Waals surface area contributed by atoms with Gasteiger partial charge in [-0.05, 0) is 20.0 Å². The number of thiazole rings is 1. The lowest BCUT2D eigenvalue weighted by Gasteiger charge is -2.11. The van der Waals surface area contributed by atoms with Crippen LogP contribution in [0.25, 0.3) is 0 Å². The average molecular weight is 342 g/mol. The van der Waals surface area contributed by atoms with Crippen LogP contribution in [0.4, 0.5) is 10.8 Å². The van der Waals surface area contributed by atoms with Crippen molar-refractivity contribution in [3.05, 3.63) is 33.8 Å². The third kappa shape index (κ3) is 3.49. The lowest BCUT2D eigenvalue weighted by atomic mass is 10.2. The van der Waals surface area contributed by atoms with Crippen molar-refractivity contribution in [3.8, 4) is 5.75 Å². The van der Waals surface area contributed by atoms with Gasteiger partial charge in [0.05, 0.1) is 23.5 Å². The summed E-state index contributed by atoms with van der Waals surface area (Å²) in [4.78, 5) is 15.6. The number of methoxy groups -OCH3 is 1. The van der Waals surface area contributed by atoms with Crippen molar-refractivity contribution < 1.29 is 14.6 Å². The van der Waals surface area contributed by atoms with Crippen LogP contribution in [0.15, 0.2) is 17.5 Å². The van der Waals surface area contributed by atoms with Crippen LogP contribution in [0.1, 0.15) is 29.0 Å². The van der Waals surface area contributed by atoms with Crippen LogP contribution >= 0.6 is 22.9 Å². The number of carbonyl (C=O) groups is 1. The van der Waals surface area contributed by atoms with E-state index in [0.29, 0.717) is 10.8 Å². The number of ether oxygens (including phenoxy) is 1. The molecule has 0 fully saturated rings. The van der Waals surface area contributed by atoms with Crippen LogP contribution in [0, 0.1) is 0 Å². The number of nitrogens with one attached hydrogen (secondary N) is 2. The van der Waals surface area contributed by atoms with Gasteiger partial charge in [-0.25, -0.2) is 9.78 Å². The van der Waals surface area contributed by atoms with Gasteiger partial charge in [0.1, 0.15) is 11.3 Å². The Morgan fingerprint density at radius 2 is 2.23 bits per heavy atom. The first kappa shape index (κ1) is 16.5. The molecule has 1 heterocycles. The Morgan fingerprint density at radius 1 is 1.50 bits per heavy atom. The smallest absolute Gasteiger partial charge is 0.339 e. The molecule has 0 amide bonds. The van der Waals surface area contributed by atoms with Gasteiger partial charge in [0.25, 0.3) is 0 Å². The van der Waals surface area contributed by atoms with E-state index in [0.717, 1.165) is 5.69 Å². The van der Waals surface area contributed by atoms with Gasteiger partial charge in [-0.15, -0.1) is 11.3 Å². The summed E-state index contributed by atoms with van der Waals surface area (Å²) in [6, 6.07) is 3.05. The number of aromatic carboxylic acids is 1. The number of hydrogen-bond donors (Lipinski definition) is 3. The Morgan fingerprint density at radius 3 is 2.82 bits per heavy atom. The summed E-state index contributed by atoms with van der Waals surface area (Å²) < 4.78 is 5.09. The summed E-state index contributed by atoms with van der Waals surface area (Å²) in [6.45, 7) is 2.01. The molecule has 22 heavy (non-hydrogen) atoms. The van der Waals surface area contributed by atoms with E-state index in [9.17, 15) is 4.79 Å². The maximum absolute atomic E-state index is 11.1. The van der Waals surface area contributed by atoms with E-state index in [1.807, 2.05) is 19.4 Å². The van der Waals surface area contributed by atoms with Crippen molar-refractivity contribution >= 4 is 39.7 Å². The standard InChI is InChI=1S/C14H16ClN3O3S/c1-7(16-2)11-6-22-14(18-11)17-10-5-12(21-3)8(13(19)20)4-9(10)15/h4-7,16H,1-3H3,(H,17,18)(H,19,20). The molecular formula is C14H16ClN3O3S. The number of rotatable bonds is 6. The Bertz CT molecular complexity index is 690. The summed E-state index contributed by atoms with van der Waals surface area (Å²) in [6.07, 6.45) is 0. The number of nitrogens with zero attached hydrogens (tertiary/aromatic N) is 1. The fraction of sp³-hybridized carbons (Fsp3) is 0.286. The van der Waals surface area contributed by atoms with Gasteiger partial charge in [-0.3, -0.25) is 0 Å². The van der Waals surface area contributed by atoms with Gasteiger partial charge in [0.2, 0.25) is 0 Å². The molecule has 0 saturated heterocycles. The zero-order valence-corrected chi connectivity index (χ0v) is 13.9. The molecule has 1 unspecified atom stereocenters. The van der Waals surface area contributed by atoms with Crippen LogP contribution < -0.4 is 15.4 Å². The Kier molecular flexibility index (Phi) is 5.23. The number of halogens is 1. The van der Waals surface area contributed by atoms with Gasteiger partial charge in [0.15, 0.2) is 5.13 Å². The van der Waals surface area contributed by atoms with Crippen molar-refractivity contribution in [2.24, 2.45) is 0 Å². The maximum Gasteiger partial charge on any atom is 0.339 e. The lowest BCUT2D eigenvalue weighted by Crippen LogP contribution is -2.12. The van der Waals surface area contributed by atoms with E-state index in [4.69, 9.17) is 21.4 Å². The molecule has 118 valence electrons. The Hall–Kier alpha value is -1.83. The molecule has 1 aromatic carbocycles. The summed E-state index contributed by atoms with van der Waals surface area (Å²) in [5, 5.41) is 18.2. The topological polar surface area (TPSA) is 83.5 Å². The van der Waals surface area contributed by atoms with Crippen LogP contribution in [0.3, 0.4) is 0 Å². The quantitative estimate of drug-likeness (QED) is 0.745. The van der Waals surface area contributed by atoms with Gasteiger partial charge < -0.3 is 20.5 Å². The second-order valence-corrected chi connectivity index (χ2v) is 5.82. The molecule has 8 heteroatoms. The second-order valence-electron chi connectivity index (χ2n) is 4.55. The zero-order valence-electron chi connectivity index (χ0n) is 12.3. The molecule has 3 N–H and O–H groups in total. The largest absolute Gasteiger partial charge is 0.496 e. The Labute approximate surface area is 137 Å². The van der Waals surface area contributed by atoms with Gasteiger partial charge in [-0.2, -0.15) is 0 Å². The van der Waals surface area contributed by atoms with Crippen molar-refractivity contribution in [2.45, 2.75) is 13.0 Å². The minimum Gasteiger partial charge on any atom is -0.496 e. The maximum atomic E-state index is 11.1. The normalized spacial score (nSPS) is 12.0. The molecule has 2 aromatic rings. The molecule has 1 aromatic heterocycles. The molecule has 0 aliphatic heterocycles. The zero-order chi connectivity index (χ0) is 16.3. The molecule has 0 aliphatic rings. The minimum atomic E-state index is -1.09. The van der Waals surface area contributed by atoms with Gasteiger partial charge >= 0.3 is 5.97 Å². The predicted octanol–water partition coefficient (Wildman–Crippen LogP) is 3.53. The van der Waals surface area contributed by atoms with Crippen molar-refractivity contribution in [1.29, 1.82) is 0 Å². The van der Waals surface area contributed by atoms with E-state index < -0.39 is 5.97 Å². The van der Waals surface area contributed by atoms with Gasteiger partial charge in [-0.1, -0.05) is 11.6 Å². The third-order valence-corrected chi connectivity index (χ3v) is 4.25. The molecule has 0 saturated carbocycles. The summed E-state index contributed by atoms with van der Waals surface area (Å²) in [5.74, 6) is -0.857.